The van der Waals surface area contributed by atoms with Gasteiger partial charge in [0, 0.05) is 69.8 Å². The molecule has 2 aliphatic carbocycles. The molecule has 2 heterocycles. The highest BCUT2D eigenvalue weighted by molar-refractivity contribution is 7.13. The number of aryl methyl sites for hydroxylation is 2. The Balaban J connectivity index is 0.862. The number of allylic oxidation sites excluding steroid dienone is 1. The van der Waals surface area contributed by atoms with Crippen molar-refractivity contribution in [3.63, 3.8) is 0 Å². The third-order valence-electron chi connectivity index (χ3n) is 13.5. The molecule has 3 aliphatic rings. The molecular formula is C54H64FN9O11S. The van der Waals surface area contributed by atoms with Gasteiger partial charge in [-0.3, -0.25) is 38.4 Å². The highest BCUT2D eigenvalue weighted by atomic mass is 32.1. The molecule has 1 aliphatic heterocycles. The standard InChI is InChI=1S/C54H64FN9O11S/c1-30-46(76-29-60-30)33-10-11-34(26-59-49(71)40-24-35(65)27-64(40)51(73)47(53(2,3)4)62-52(74)54(55)17-18-54)43(23-33)75-28-45(69)57-19-16-44(68)58-20-21-63(5)50(72)37-14-12-32(22-42(37)67)41(66)25-38(56)48(70)61-39-15-13-31-8-6-7-9-36(31)39/h6-12,14,22-23,25,29,35,39-40,47,65,67H,13,15-21,24,26-28,56H2,1-5H3,(H,57,69)(H,58,68)(H,59,71)(H,61,70)(H,62,74)/t35-,39?,40+,47-/m1/s1. The van der Waals surface area contributed by atoms with Crippen LogP contribution in [0.15, 0.2) is 77.9 Å². The summed E-state index contributed by atoms with van der Waals surface area (Å²) in [5.41, 5.74) is 8.50. The number of β-amino-alcohol motifs (C(OH)–C–C–N with tert-alkyl or cyclic N) is 1. The number of alkyl halides is 1. The SMILES string of the molecule is Cc1ncsc1-c1ccc(CNC(=O)[C@@H]2C[C@@H](O)CN2C(=O)[C@@H](NC(=O)C2(F)CC2)C(C)(C)C)c(OCC(=O)NCCC(=O)NCCN(C)C(=O)c2ccc(C(=O)C=C(N)C(=O)NC3CCc4ccccc43)cc2O)c1. The number of carbonyl (C=O) groups excluding carboxylic acids is 8. The number of phenols is 1. The highest BCUT2D eigenvalue weighted by Gasteiger charge is 2.53. The Bertz CT molecular complexity index is 2930. The van der Waals surface area contributed by atoms with Gasteiger partial charge in [-0.15, -0.1) is 11.3 Å². The summed E-state index contributed by atoms with van der Waals surface area (Å²) in [7, 11) is 1.47. The Hall–Kier alpha value is -7.72. The van der Waals surface area contributed by atoms with Crippen molar-refractivity contribution in [2.24, 2.45) is 11.1 Å². The number of carbonyl (C=O) groups is 8. The van der Waals surface area contributed by atoms with Crippen LogP contribution in [0.3, 0.4) is 0 Å². The topological polar surface area (TPSA) is 292 Å². The van der Waals surface area contributed by atoms with E-state index >= 15 is 0 Å². The number of amides is 7. The number of ketones is 1. The molecule has 76 heavy (non-hydrogen) atoms. The van der Waals surface area contributed by atoms with Crippen LogP contribution in [-0.2, 0) is 41.7 Å². The number of likely N-dealkylation sites (N-methyl/N-ethyl adjacent to an activating group) is 1. The van der Waals surface area contributed by atoms with Gasteiger partial charge < -0.3 is 57.1 Å². The number of halogens is 1. The predicted octanol–water partition coefficient (Wildman–Crippen LogP) is 3.04. The summed E-state index contributed by atoms with van der Waals surface area (Å²) in [4.78, 5) is 113. The van der Waals surface area contributed by atoms with Gasteiger partial charge in [0.2, 0.25) is 17.7 Å². The number of likely N-dealkylation sites (tertiary alicyclic amines) is 1. The molecule has 7 amide bonds. The summed E-state index contributed by atoms with van der Waals surface area (Å²) in [6.07, 6.45) is 1.40. The van der Waals surface area contributed by atoms with E-state index in [1.807, 2.05) is 37.3 Å². The zero-order valence-electron chi connectivity index (χ0n) is 43.0. The average Bonchev–Trinajstić information content (AvgIpc) is 3.62. The van der Waals surface area contributed by atoms with E-state index in [9.17, 15) is 53.0 Å². The maximum absolute atomic E-state index is 14.6. The number of ether oxygens (including phenoxy) is 1. The summed E-state index contributed by atoms with van der Waals surface area (Å²) < 4.78 is 20.6. The predicted molar refractivity (Wildman–Crippen MR) is 278 cm³/mol. The lowest BCUT2D eigenvalue weighted by atomic mass is 9.85. The number of aromatic hydroxyl groups is 1. The monoisotopic (exact) mass is 1070 g/mol. The Morgan fingerprint density at radius 3 is 2.43 bits per heavy atom. The van der Waals surface area contributed by atoms with Gasteiger partial charge in [-0.2, -0.15) is 0 Å². The Labute approximate surface area is 443 Å². The van der Waals surface area contributed by atoms with Crippen LogP contribution in [0.2, 0.25) is 0 Å². The van der Waals surface area contributed by atoms with Gasteiger partial charge in [0.25, 0.3) is 23.6 Å². The van der Waals surface area contributed by atoms with Crippen LogP contribution in [0, 0.1) is 12.3 Å². The molecule has 0 spiro atoms. The van der Waals surface area contributed by atoms with Crippen molar-refractivity contribution in [2.75, 3.05) is 39.8 Å². The minimum Gasteiger partial charge on any atom is -0.507 e. The van der Waals surface area contributed by atoms with Crippen molar-refractivity contribution in [3.05, 3.63) is 111 Å². The first-order valence-electron chi connectivity index (χ1n) is 25.0. The minimum absolute atomic E-state index is 0.00169. The van der Waals surface area contributed by atoms with Gasteiger partial charge in [-0.05, 0) is 79.0 Å². The number of benzene rings is 3. The van der Waals surface area contributed by atoms with E-state index < -0.39 is 88.8 Å². The zero-order chi connectivity index (χ0) is 55.1. The number of hydrogen-bond donors (Lipinski definition) is 8. The van der Waals surface area contributed by atoms with Crippen LogP contribution < -0.4 is 37.1 Å². The van der Waals surface area contributed by atoms with Crippen LogP contribution in [0.1, 0.15) is 102 Å². The molecule has 0 bridgehead atoms. The van der Waals surface area contributed by atoms with Crippen molar-refractivity contribution >= 4 is 58.5 Å². The number of nitrogens with zero attached hydrogens (tertiary/aromatic N) is 3. The molecule has 4 aromatic rings. The number of aliphatic hydroxyl groups excluding tert-OH is 1. The quantitative estimate of drug-likeness (QED) is 0.0441. The van der Waals surface area contributed by atoms with E-state index in [2.05, 4.69) is 31.6 Å². The number of phenolic OH excluding ortho intramolecular Hbond substituents is 1. The second-order valence-corrected chi connectivity index (χ2v) is 21.2. The van der Waals surface area contributed by atoms with Crippen LogP contribution in [0.25, 0.3) is 10.4 Å². The van der Waals surface area contributed by atoms with Gasteiger partial charge >= 0.3 is 0 Å². The molecule has 9 N–H and O–H groups in total. The lowest BCUT2D eigenvalue weighted by Gasteiger charge is -2.35. The molecule has 1 saturated carbocycles. The number of aromatic nitrogens is 1. The van der Waals surface area contributed by atoms with Crippen molar-refractivity contribution in [1.82, 2.24) is 41.4 Å². The van der Waals surface area contributed by atoms with Gasteiger partial charge in [-0.25, -0.2) is 9.37 Å². The molecule has 4 atom stereocenters. The largest absolute Gasteiger partial charge is 0.507 e. The van der Waals surface area contributed by atoms with Gasteiger partial charge in [0.05, 0.1) is 33.8 Å². The summed E-state index contributed by atoms with van der Waals surface area (Å²) in [6, 6.07) is 14.2. The molecule has 1 unspecified atom stereocenters. The van der Waals surface area contributed by atoms with E-state index in [0.29, 0.717) is 12.0 Å². The van der Waals surface area contributed by atoms with Gasteiger partial charge in [0.15, 0.2) is 18.1 Å². The number of hydrogen-bond acceptors (Lipinski definition) is 14. The highest BCUT2D eigenvalue weighted by Crippen LogP contribution is 2.41. The summed E-state index contributed by atoms with van der Waals surface area (Å²) >= 11 is 1.40. The number of fused-ring (bicyclic) bond motifs is 1. The lowest BCUT2D eigenvalue weighted by molar-refractivity contribution is -0.145. The molecule has 20 nitrogen and oxygen atoms in total. The summed E-state index contributed by atoms with van der Waals surface area (Å²) in [5, 5.41) is 34.9. The number of nitrogens with two attached hydrogens (primary N) is 1. The first kappa shape index (κ1) is 56.0. The Kier molecular flexibility index (Phi) is 17.6. The zero-order valence-corrected chi connectivity index (χ0v) is 43.8. The number of thiazole rings is 1. The third kappa shape index (κ3) is 13.8. The smallest absolute Gasteiger partial charge is 0.267 e. The Morgan fingerprint density at radius 1 is 1.00 bits per heavy atom. The van der Waals surface area contributed by atoms with Gasteiger partial charge in [0.1, 0.15) is 29.3 Å². The van der Waals surface area contributed by atoms with Crippen molar-refractivity contribution in [1.29, 1.82) is 0 Å². The number of nitrogens with one attached hydrogen (secondary N) is 5. The second-order valence-electron chi connectivity index (χ2n) is 20.4. The molecule has 404 valence electrons. The van der Waals surface area contributed by atoms with E-state index in [0.717, 1.165) is 45.8 Å². The van der Waals surface area contributed by atoms with Crippen LogP contribution in [0.4, 0.5) is 4.39 Å². The minimum atomic E-state index is -2.03. The molecule has 1 saturated heterocycles. The van der Waals surface area contributed by atoms with Gasteiger partial charge in [-0.1, -0.05) is 57.2 Å². The van der Waals surface area contributed by atoms with Crippen LogP contribution in [-0.4, -0.2) is 136 Å². The first-order valence-corrected chi connectivity index (χ1v) is 25.8. The van der Waals surface area contributed by atoms with E-state index in [1.54, 1.807) is 38.4 Å². The fraction of sp³-hybridized carbons (Fsp3) is 0.426. The first-order chi connectivity index (χ1) is 36.0. The molecule has 22 heteroatoms. The van der Waals surface area contributed by atoms with Crippen molar-refractivity contribution in [3.8, 4) is 21.9 Å². The van der Waals surface area contributed by atoms with Crippen molar-refractivity contribution < 1.29 is 57.7 Å². The molecule has 2 fully saturated rings. The maximum atomic E-state index is 14.6. The molecule has 7 rings (SSSR count). The Morgan fingerprint density at radius 2 is 1.74 bits per heavy atom. The number of aliphatic hydroxyl groups is 1. The fourth-order valence-electron chi connectivity index (χ4n) is 8.95. The molecular weight excluding hydrogens is 1000 g/mol. The van der Waals surface area contributed by atoms with Crippen LogP contribution >= 0.6 is 11.3 Å². The van der Waals surface area contributed by atoms with E-state index in [1.165, 1.54) is 40.3 Å². The van der Waals surface area contributed by atoms with Crippen molar-refractivity contribution in [2.45, 2.75) is 103 Å². The maximum Gasteiger partial charge on any atom is 0.267 e. The third-order valence-corrected chi connectivity index (χ3v) is 14.5. The normalized spacial score (nSPS) is 17.9. The van der Waals surface area contributed by atoms with Crippen LogP contribution in [0.5, 0.6) is 11.5 Å². The van der Waals surface area contributed by atoms with E-state index in [-0.39, 0.29) is 87.0 Å². The molecule has 1 aromatic heterocycles. The number of rotatable bonds is 21. The fourth-order valence-corrected chi connectivity index (χ4v) is 9.75. The summed E-state index contributed by atoms with van der Waals surface area (Å²) in [6.45, 7) is 6.29. The average molecular weight is 1070 g/mol. The van der Waals surface area contributed by atoms with E-state index in [4.69, 9.17) is 10.5 Å². The summed E-state index contributed by atoms with van der Waals surface area (Å²) in [5.74, 6) is -5.11. The lowest BCUT2D eigenvalue weighted by Crippen LogP contribution is -2.59. The molecule has 3 aromatic carbocycles. The molecule has 0 radical (unpaired) electrons. The second kappa shape index (κ2) is 23.9.